The molecule has 1 fully saturated rings. The van der Waals surface area contributed by atoms with E-state index in [1.165, 1.54) is 20.0 Å². The summed E-state index contributed by atoms with van der Waals surface area (Å²) in [4.78, 5) is 15.8. The molecule has 1 N–H and O–H groups in total. The molecule has 1 aliphatic carbocycles. The van der Waals surface area contributed by atoms with E-state index >= 15 is 0 Å². The number of nitrogens with one attached hydrogen (secondary N) is 1. The summed E-state index contributed by atoms with van der Waals surface area (Å²) in [6.07, 6.45) is 3.35. The Morgan fingerprint density at radius 2 is 2.27 bits per heavy atom. The Labute approximate surface area is 67.1 Å². The molecular weight excluding hydrogens is 142 g/mol. The Bertz CT molecular complexity index is 147. The summed E-state index contributed by atoms with van der Waals surface area (Å²) in [7, 11) is 1.47. The molecule has 0 spiro atoms. The minimum Gasteiger partial charge on any atom is -0.277 e. The van der Waals surface area contributed by atoms with Crippen LogP contribution >= 0.6 is 0 Å². The van der Waals surface area contributed by atoms with E-state index < -0.39 is 0 Å². The number of hydrogen-bond acceptors (Lipinski definition) is 2. The molecule has 3 nitrogen and oxygen atoms in total. The third-order valence-corrected chi connectivity index (χ3v) is 2.40. The molecule has 64 valence electrons. The average Bonchev–Trinajstić information content (AvgIpc) is 2.36. The second-order valence-electron chi connectivity index (χ2n) is 3.19. The van der Waals surface area contributed by atoms with Gasteiger partial charge < -0.3 is 0 Å². The first-order valence-corrected chi connectivity index (χ1v) is 4.08. The lowest BCUT2D eigenvalue weighted by Crippen LogP contribution is -2.30. The van der Waals surface area contributed by atoms with Crippen LogP contribution in [-0.4, -0.2) is 13.0 Å². The van der Waals surface area contributed by atoms with Gasteiger partial charge in [-0.25, -0.2) is 5.48 Å². The van der Waals surface area contributed by atoms with Crippen molar-refractivity contribution in [2.45, 2.75) is 26.2 Å². The maximum absolute atomic E-state index is 11.2. The molecule has 0 aromatic heterocycles. The normalized spacial score (nSPS) is 30.4. The van der Waals surface area contributed by atoms with Crippen LogP contribution in [-0.2, 0) is 9.63 Å². The van der Waals surface area contributed by atoms with Crippen LogP contribution in [0.1, 0.15) is 26.2 Å². The van der Waals surface area contributed by atoms with Crippen molar-refractivity contribution in [2.24, 2.45) is 11.8 Å². The molecule has 3 heteroatoms. The van der Waals surface area contributed by atoms with Crippen molar-refractivity contribution < 1.29 is 9.63 Å². The fraction of sp³-hybridized carbons (Fsp3) is 0.875. The molecule has 11 heavy (non-hydrogen) atoms. The summed E-state index contributed by atoms with van der Waals surface area (Å²) in [5.41, 5.74) is 2.38. The van der Waals surface area contributed by atoms with Gasteiger partial charge in [-0.05, 0) is 18.8 Å². The van der Waals surface area contributed by atoms with E-state index in [-0.39, 0.29) is 11.8 Å². The van der Waals surface area contributed by atoms with Gasteiger partial charge in [0.2, 0.25) is 5.91 Å². The monoisotopic (exact) mass is 157 g/mol. The van der Waals surface area contributed by atoms with E-state index in [0.29, 0.717) is 5.92 Å². The first-order chi connectivity index (χ1) is 5.25. The second kappa shape index (κ2) is 3.72. The molecule has 0 aromatic rings. The number of carbonyl (C=O) groups excluding carboxylic acids is 1. The van der Waals surface area contributed by atoms with Crippen molar-refractivity contribution in [3.63, 3.8) is 0 Å². The van der Waals surface area contributed by atoms with Crippen LogP contribution in [0.25, 0.3) is 0 Å². The van der Waals surface area contributed by atoms with Gasteiger partial charge in [0.1, 0.15) is 0 Å². The molecule has 0 saturated heterocycles. The summed E-state index contributed by atoms with van der Waals surface area (Å²) in [6.45, 7) is 2.12. The third-order valence-electron chi connectivity index (χ3n) is 2.40. The molecule has 1 aliphatic rings. The SMILES string of the molecule is CONC(=O)C1CCCC1C. The topological polar surface area (TPSA) is 38.3 Å². The highest BCUT2D eigenvalue weighted by Crippen LogP contribution is 2.30. The number of hydrogen-bond donors (Lipinski definition) is 1. The molecule has 1 rings (SSSR count). The Kier molecular flexibility index (Phi) is 2.88. The summed E-state index contributed by atoms with van der Waals surface area (Å²) >= 11 is 0. The average molecular weight is 157 g/mol. The summed E-state index contributed by atoms with van der Waals surface area (Å²) < 4.78 is 0. The van der Waals surface area contributed by atoms with Gasteiger partial charge in [-0.3, -0.25) is 9.63 Å². The largest absolute Gasteiger partial charge is 0.277 e. The van der Waals surface area contributed by atoms with E-state index in [1.807, 2.05) is 0 Å². The van der Waals surface area contributed by atoms with Gasteiger partial charge >= 0.3 is 0 Å². The molecule has 0 bridgehead atoms. The Morgan fingerprint density at radius 1 is 1.55 bits per heavy atom. The summed E-state index contributed by atoms with van der Waals surface area (Å²) in [5, 5.41) is 0. The number of rotatable bonds is 2. The standard InChI is InChI=1S/C8H15NO2/c1-6-4-3-5-7(6)8(10)9-11-2/h6-7H,3-5H2,1-2H3,(H,9,10). The molecule has 0 radical (unpaired) electrons. The first-order valence-electron chi connectivity index (χ1n) is 4.08. The molecule has 2 atom stereocenters. The van der Waals surface area contributed by atoms with Crippen LogP contribution in [0.15, 0.2) is 0 Å². The zero-order valence-corrected chi connectivity index (χ0v) is 7.09. The molecule has 0 aliphatic heterocycles. The Hall–Kier alpha value is -0.570. The number of amides is 1. The fourth-order valence-corrected chi connectivity index (χ4v) is 1.71. The van der Waals surface area contributed by atoms with Gasteiger partial charge in [0, 0.05) is 5.92 Å². The van der Waals surface area contributed by atoms with Crippen LogP contribution in [0.4, 0.5) is 0 Å². The van der Waals surface area contributed by atoms with Crippen molar-refractivity contribution in [2.75, 3.05) is 7.11 Å². The van der Waals surface area contributed by atoms with Gasteiger partial charge in [0.25, 0.3) is 0 Å². The zero-order valence-electron chi connectivity index (χ0n) is 7.09. The predicted octanol–water partition coefficient (Wildman–Crippen LogP) is 1.10. The van der Waals surface area contributed by atoms with Gasteiger partial charge in [-0.15, -0.1) is 0 Å². The van der Waals surface area contributed by atoms with Crippen molar-refractivity contribution in [1.29, 1.82) is 0 Å². The van der Waals surface area contributed by atoms with Crippen LogP contribution < -0.4 is 5.48 Å². The van der Waals surface area contributed by atoms with E-state index in [1.54, 1.807) is 0 Å². The van der Waals surface area contributed by atoms with Gasteiger partial charge in [0.15, 0.2) is 0 Å². The van der Waals surface area contributed by atoms with Crippen LogP contribution in [0.2, 0.25) is 0 Å². The van der Waals surface area contributed by atoms with Crippen LogP contribution in [0, 0.1) is 11.8 Å². The lowest BCUT2D eigenvalue weighted by Gasteiger charge is -2.13. The van der Waals surface area contributed by atoms with Crippen molar-refractivity contribution >= 4 is 5.91 Å². The van der Waals surface area contributed by atoms with E-state index in [2.05, 4.69) is 17.2 Å². The lowest BCUT2D eigenvalue weighted by molar-refractivity contribution is -0.136. The predicted molar refractivity (Wildman–Crippen MR) is 41.7 cm³/mol. The first kappa shape index (κ1) is 8.53. The Morgan fingerprint density at radius 3 is 2.73 bits per heavy atom. The van der Waals surface area contributed by atoms with Crippen molar-refractivity contribution in [3.05, 3.63) is 0 Å². The fourth-order valence-electron chi connectivity index (χ4n) is 1.71. The summed E-state index contributed by atoms with van der Waals surface area (Å²) in [6, 6.07) is 0. The van der Waals surface area contributed by atoms with Gasteiger partial charge in [0.05, 0.1) is 7.11 Å². The maximum Gasteiger partial charge on any atom is 0.246 e. The second-order valence-corrected chi connectivity index (χ2v) is 3.19. The molecule has 2 unspecified atom stereocenters. The quantitative estimate of drug-likeness (QED) is 0.609. The van der Waals surface area contributed by atoms with Gasteiger partial charge in [-0.2, -0.15) is 0 Å². The van der Waals surface area contributed by atoms with Crippen LogP contribution in [0.3, 0.4) is 0 Å². The highest BCUT2D eigenvalue weighted by Gasteiger charge is 2.29. The van der Waals surface area contributed by atoms with E-state index in [9.17, 15) is 4.79 Å². The van der Waals surface area contributed by atoms with Crippen LogP contribution in [0.5, 0.6) is 0 Å². The highest BCUT2D eigenvalue weighted by molar-refractivity contribution is 5.78. The van der Waals surface area contributed by atoms with E-state index in [4.69, 9.17) is 0 Å². The molecule has 0 aromatic carbocycles. The van der Waals surface area contributed by atoms with E-state index in [0.717, 1.165) is 6.42 Å². The zero-order chi connectivity index (χ0) is 8.27. The number of carbonyl (C=O) groups is 1. The molecule has 0 heterocycles. The molecule has 1 saturated carbocycles. The number of hydroxylamine groups is 1. The van der Waals surface area contributed by atoms with Crippen molar-refractivity contribution in [1.82, 2.24) is 5.48 Å². The minimum absolute atomic E-state index is 0.0394. The smallest absolute Gasteiger partial charge is 0.246 e. The summed E-state index contributed by atoms with van der Waals surface area (Å²) in [5.74, 6) is 0.734. The van der Waals surface area contributed by atoms with Gasteiger partial charge in [-0.1, -0.05) is 13.3 Å². The highest BCUT2D eigenvalue weighted by atomic mass is 16.6. The van der Waals surface area contributed by atoms with Crippen molar-refractivity contribution in [3.8, 4) is 0 Å². The molecule has 1 amide bonds. The lowest BCUT2D eigenvalue weighted by atomic mass is 9.98. The minimum atomic E-state index is 0.0394. The Balaban J connectivity index is 2.39. The third kappa shape index (κ3) is 1.93. The maximum atomic E-state index is 11.2. The molecular formula is C8H15NO2.